The monoisotopic (exact) mass is 154 g/mol. The average Bonchev–Trinajstić information content (AvgIpc) is 1.88. The van der Waals surface area contributed by atoms with Gasteiger partial charge in [0, 0.05) is 18.3 Å². The molecule has 0 fully saturated rings. The minimum Gasteiger partial charge on any atom is -0.353 e. The van der Waals surface area contributed by atoms with Crippen LogP contribution < -0.4 is 5.73 Å². The molecule has 3 heteroatoms. The summed E-state index contributed by atoms with van der Waals surface area (Å²) in [6.07, 6.45) is 1.83. The van der Waals surface area contributed by atoms with Crippen LogP contribution in [0.2, 0.25) is 0 Å². The molecule has 3 N–H and O–H groups in total. The molecule has 0 aliphatic rings. The van der Waals surface area contributed by atoms with Crippen molar-refractivity contribution in [2.24, 2.45) is 5.73 Å². The van der Waals surface area contributed by atoms with Gasteiger partial charge in [-0.05, 0) is 18.6 Å². The molecule has 0 aliphatic carbocycles. The van der Waals surface area contributed by atoms with Crippen LogP contribution in [-0.4, -0.2) is 4.98 Å². The van der Waals surface area contributed by atoms with Gasteiger partial charge in [-0.3, -0.25) is 0 Å². The molecule has 0 radical (unpaired) electrons. The van der Waals surface area contributed by atoms with E-state index >= 15 is 0 Å². The first-order valence-corrected chi connectivity index (χ1v) is 3.53. The Morgan fingerprint density at radius 2 is 2.40 bits per heavy atom. The number of aryl methyl sites for hydroxylation is 1. The van der Waals surface area contributed by atoms with Crippen LogP contribution in [0.1, 0.15) is 11.1 Å². The lowest BCUT2D eigenvalue weighted by Gasteiger charge is -1.99. The Hall–Kier alpha value is -0.670. The standard InChI is InChI=1S/C7H10N2S/c1-5-2-3-9-7(10)6(5)4-8/h2-3H,4,8H2,1H3,(H,9,10). The van der Waals surface area contributed by atoms with Crippen LogP contribution in [0.5, 0.6) is 0 Å². The Morgan fingerprint density at radius 3 is 2.80 bits per heavy atom. The van der Waals surface area contributed by atoms with Gasteiger partial charge in [0.25, 0.3) is 0 Å². The Balaban J connectivity index is 3.31. The third kappa shape index (κ3) is 1.25. The van der Waals surface area contributed by atoms with E-state index in [0.717, 1.165) is 15.8 Å². The van der Waals surface area contributed by atoms with Crippen molar-refractivity contribution < 1.29 is 0 Å². The Morgan fingerprint density at radius 1 is 1.70 bits per heavy atom. The smallest absolute Gasteiger partial charge is 0.108 e. The number of nitrogens with two attached hydrogens (primary N) is 1. The van der Waals surface area contributed by atoms with Crippen molar-refractivity contribution in [2.45, 2.75) is 13.5 Å². The summed E-state index contributed by atoms with van der Waals surface area (Å²) in [6, 6.07) is 1.97. The Labute approximate surface area is 65.1 Å². The molecule has 0 aromatic carbocycles. The van der Waals surface area contributed by atoms with E-state index in [-0.39, 0.29) is 0 Å². The van der Waals surface area contributed by atoms with Crippen molar-refractivity contribution in [3.63, 3.8) is 0 Å². The molecule has 0 bridgehead atoms. The zero-order valence-electron chi connectivity index (χ0n) is 5.85. The molecule has 0 spiro atoms. The molecule has 0 aliphatic heterocycles. The highest BCUT2D eigenvalue weighted by Crippen LogP contribution is 2.05. The summed E-state index contributed by atoms with van der Waals surface area (Å²) in [5.41, 5.74) is 7.66. The topological polar surface area (TPSA) is 41.8 Å². The molecule has 1 aromatic rings. The van der Waals surface area contributed by atoms with Gasteiger partial charge in [-0.25, -0.2) is 0 Å². The number of H-pyrrole nitrogens is 1. The largest absolute Gasteiger partial charge is 0.353 e. The highest BCUT2D eigenvalue weighted by atomic mass is 32.1. The maximum absolute atomic E-state index is 5.46. The SMILES string of the molecule is Cc1cc[nH]c(=S)c1CN. The summed E-state index contributed by atoms with van der Waals surface area (Å²) < 4.78 is 0.752. The summed E-state index contributed by atoms with van der Waals surface area (Å²) in [6.45, 7) is 2.52. The molecular formula is C7H10N2S. The van der Waals surface area contributed by atoms with Crippen LogP contribution in [-0.2, 0) is 6.54 Å². The number of aromatic nitrogens is 1. The lowest BCUT2D eigenvalue weighted by Crippen LogP contribution is -2.00. The molecule has 54 valence electrons. The summed E-state index contributed by atoms with van der Waals surface area (Å²) in [7, 11) is 0. The van der Waals surface area contributed by atoms with Crippen LogP contribution in [0.15, 0.2) is 12.3 Å². The first-order chi connectivity index (χ1) is 4.75. The van der Waals surface area contributed by atoms with Crippen molar-refractivity contribution in [3.05, 3.63) is 28.0 Å². The van der Waals surface area contributed by atoms with Gasteiger partial charge in [0.2, 0.25) is 0 Å². The molecule has 0 saturated heterocycles. The maximum atomic E-state index is 5.46. The van der Waals surface area contributed by atoms with Crippen LogP contribution in [0.25, 0.3) is 0 Å². The third-order valence-corrected chi connectivity index (χ3v) is 1.87. The van der Waals surface area contributed by atoms with Gasteiger partial charge in [-0.1, -0.05) is 12.2 Å². The van der Waals surface area contributed by atoms with Crippen molar-refractivity contribution in [1.82, 2.24) is 4.98 Å². The third-order valence-electron chi connectivity index (χ3n) is 1.50. The Bertz CT molecular complexity index is 277. The number of pyridine rings is 1. The van der Waals surface area contributed by atoms with Crippen LogP contribution >= 0.6 is 12.2 Å². The molecule has 1 rings (SSSR count). The average molecular weight is 154 g/mol. The van der Waals surface area contributed by atoms with E-state index in [0.29, 0.717) is 6.54 Å². The van der Waals surface area contributed by atoms with Gasteiger partial charge >= 0.3 is 0 Å². The van der Waals surface area contributed by atoms with Crippen molar-refractivity contribution in [2.75, 3.05) is 0 Å². The van der Waals surface area contributed by atoms with Gasteiger partial charge in [0.05, 0.1) is 0 Å². The van der Waals surface area contributed by atoms with Crippen LogP contribution in [0, 0.1) is 11.6 Å². The first-order valence-electron chi connectivity index (χ1n) is 3.13. The molecular weight excluding hydrogens is 144 g/mol. The van der Waals surface area contributed by atoms with Crippen molar-refractivity contribution in [3.8, 4) is 0 Å². The second-order valence-electron chi connectivity index (χ2n) is 2.17. The minimum absolute atomic E-state index is 0.516. The highest BCUT2D eigenvalue weighted by Gasteiger charge is 1.94. The van der Waals surface area contributed by atoms with Crippen molar-refractivity contribution in [1.29, 1.82) is 0 Å². The molecule has 2 nitrogen and oxygen atoms in total. The molecule has 1 heterocycles. The van der Waals surface area contributed by atoms with Gasteiger partial charge in [0.1, 0.15) is 4.64 Å². The van der Waals surface area contributed by atoms with E-state index in [2.05, 4.69) is 4.98 Å². The van der Waals surface area contributed by atoms with E-state index in [1.165, 1.54) is 0 Å². The zero-order valence-corrected chi connectivity index (χ0v) is 6.66. The second kappa shape index (κ2) is 2.94. The molecule has 1 aromatic heterocycles. The summed E-state index contributed by atoms with van der Waals surface area (Å²) >= 11 is 5.00. The predicted molar refractivity (Wildman–Crippen MR) is 44.3 cm³/mol. The molecule has 0 unspecified atom stereocenters. The quantitative estimate of drug-likeness (QED) is 0.602. The fraction of sp³-hybridized carbons (Fsp3) is 0.286. The summed E-state index contributed by atoms with van der Waals surface area (Å²) in [4.78, 5) is 2.93. The molecule has 0 amide bonds. The van der Waals surface area contributed by atoms with E-state index in [9.17, 15) is 0 Å². The minimum atomic E-state index is 0.516. The van der Waals surface area contributed by atoms with Gasteiger partial charge in [-0.2, -0.15) is 0 Å². The number of aromatic amines is 1. The molecule has 10 heavy (non-hydrogen) atoms. The number of nitrogens with one attached hydrogen (secondary N) is 1. The molecule has 0 saturated carbocycles. The number of hydrogen-bond acceptors (Lipinski definition) is 2. The van der Waals surface area contributed by atoms with E-state index < -0.39 is 0 Å². The predicted octanol–water partition coefficient (Wildman–Crippen LogP) is 1.51. The van der Waals surface area contributed by atoms with E-state index in [1.54, 1.807) is 0 Å². The lowest BCUT2D eigenvalue weighted by molar-refractivity contribution is 1.01. The normalized spacial score (nSPS) is 9.80. The van der Waals surface area contributed by atoms with E-state index in [4.69, 9.17) is 18.0 Å². The second-order valence-corrected chi connectivity index (χ2v) is 2.58. The first kappa shape index (κ1) is 7.44. The highest BCUT2D eigenvalue weighted by molar-refractivity contribution is 7.71. The van der Waals surface area contributed by atoms with Gasteiger partial charge in [0.15, 0.2) is 0 Å². The van der Waals surface area contributed by atoms with Crippen LogP contribution in [0.4, 0.5) is 0 Å². The fourth-order valence-corrected chi connectivity index (χ4v) is 1.18. The number of rotatable bonds is 1. The lowest BCUT2D eigenvalue weighted by atomic mass is 10.2. The Kier molecular flexibility index (Phi) is 2.19. The maximum Gasteiger partial charge on any atom is 0.108 e. The van der Waals surface area contributed by atoms with Gasteiger partial charge in [-0.15, -0.1) is 0 Å². The van der Waals surface area contributed by atoms with E-state index in [1.807, 2.05) is 19.2 Å². The van der Waals surface area contributed by atoms with Gasteiger partial charge < -0.3 is 10.7 Å². The number of hydrogen-bond donors (Lipinski definition) is 2. The fourth-order valence-electron chi connectivity index (χ4n) is 0.863. The summed E-state index contributed by atoms with van der Waals surface area (Å²) in [5, 5.41) is 0. The van der Waals surface area contributed by atoms with Crippen LogP contribution in [0.3, 0.4) is 0 Å². The summed E-state index contributed by atoms with van der Waals surface area (Å²) in [5.74, 6) is 0. The van der Waals surface area contributed by atoms with Crippen molar-refractivity contribution >= 4 is 12.2 Å². The zero-order chi connectivity index (χ0) is 7.56. The molecule has 0 atom stereocenters.